The lowest BCUT2D eigenvalue weighted by atomic mass is 10.1. The van der Waals surface area contributed by atoms with E-state index < -0.39 is 5.82 Å². The van der Waals surface area contributed by atoms with Gasteiger partial charge in [0.1, 0.15) is 11.6 Å². The Labute approximate surface area is 122 Å². The summed E-state index contributed by atoms with van der Waals surface area (Å²) in [6, 6.07) is 10.9. The van der Waals surface area contributed by atoms with Crippen LogP contribution in [-0.2, 0) is 6.54 Å². The summed E-state index contributed by atoms with van der Waals surface area (Å²) < 4.78 is 13.2. The first-order chi connectivity index (χ1) is 10.1. The summed E-state index contributed by atoms with van der Waals surface area (Å²) in [4.78, 5) is 11.7. The fourth-order valence-electron chi connectivity index (χ4n) is 1.97. The molecule has 4 nitrogen and oxygen atoms in total. The minimum Gasteiger partial charge on any atom is -0.508 e. The lowest BCUT2D eigenvalue weighted by Crippen LogP contribution is -2.22. The third-order valence-corrected chi connectivity index (χ3v) is 2.90. The van der Waals surface area contributed by atoms with Crippen LogP contribution in [0.5, 0.6) is 5.75 Å². The zero-order valence-electron chi connectivity index (χ0n) is 11.7. The molecule has 0 heterocycles. The summed E-state index contributed by atoms with van der Waals surface area (Å²) >= 11 is 0. The van der Waals surface area contributed by atoms with E-state index in [-0.39, 0.29) is 11.7 Å². The van der Waals surface area contributed by atoms with Crippen LogP contribution in [0.15, 0.2) is 42.5 Å². The molecular weight excluding hydrogens is 271 g/mol. The highest BCUT2D eigenvalue weighted by atomic mass is 19.1. The van der Waals surface area contributed by atoms with Crippen LogP contribution < -0.4 is 10.6 Å². The largest absolute Gasteiger partial charge is 0.508 e. The molecule has 0 saturated heterocycles. The maximum Gasteiger partial charge on any atom is 0.251 e. The molecule has 0 aromatic heterocycles. The lowest BCUT2D eigenvalue weighted by Gasteiger charge is -2.09. The van der Waals surface area contributed by atoms with Gasteiger partial charge in [0.05, 0.1) is 0 Å². The van der Waals surface area contributed by atoms with E-state index in [0.29, 0.717) is 24.2 Å². The number of phenolic OH excluding ortho intramolecular Hbond substituents is 1. The van der Waals surface area contributed by atoms with E-state index in [0.717, 1.165) is 11.8 Å². The van der Waals surface area contributed by atoms with Gasteiger partial charge in [-0.15, -0.1) is 0 Å². The Kier molecular flexibility index (Phi) is 4.77. The molecular formula is C16H17FN2O2. The van der Waals surface area contributed by atoms with Crippen LogP contribution in [0.1, 0.15) is 22.8 Å². The van der Waals surface area contributed by atoms with E-state index in [9.17, 15) is 14.3 Å². The van der Waals surface area contributed by atoms with Crippen molar-refractivity contribution in [2.75, 3.05) is 11.9 Å². The molecule has 2 aromatic rings. The molecule has 110 valence electrons. The molecule has 1 amide bonds. The van der Waals surface area contributed by atoms with Gasteiger partial charge >= 0.3 is 0 Å². The quantitative estimate of drug-likeness (QED) is 0.793. The summed E-state index contributed by atoms with van der Waals surface area (Å²) in [5, 5.41) is 15.2. The average Bonchev–Trinajstić information content (AvgIpc) is 2.45. The molecule has 0 bridgehead atoms. The first kappa shape index (κ1) is 14.8. The van der Waals surface area contributed by atoms with Gasteiger partial charge in [0.25, 0.3) is 5.91 Å². The number of rotatable bonds is 5. The van der Waals surface area contributed by atoms with E-state index in [1.165, 1.54) is 12.1 Å². The number of anilines is 1. The maximum atomic E-state index is 13.2. The number of hydrogen-bond donors (Lipinski definition) is 3. The number of benzene rings is 2. The van der Waals surface area contributed by atoms with Gasteiger partial charge in [-0.1, -0.05) is 6.07 Å². The molecule has 3 N–H and O–H groups in total. The molecule has 0 spiro atoms. The van der Waals surface area contributed by atoms with E-state index >= 15 is 0 Å². The van der Waals surface area contributed by atoms with E-state index in [2.05, 4.69) is 10.6 Å². The zero-order valence-corrected chi connectivity index (χ0v) is 11.7. The predicted octanol–water partition coefficient (Wildman–Crippen LogP) is 2.89. The van der Waals surface area contributed by atoms with Crippen molar-refractivity contribution in [3.8, 4) is 5.75 Å². The number of amides is 1. The third-order valence-electron chi connectivity index (χ3n) is 2.90. The highest BCUT2D eigenvalue weighted by molar-refractivity contribution is 5.95. The summed E-state index contributed by atoms with van der Waals surface area (Å²) in [6.45, 7) is 2.78. The number of carbonyl (C=O) groups excluding carboxylic acids is 1. The molecule has 0 aliphatic rings. The first-order valence-electron chi connectivity index (χ1n) is 6.69. The van der Waals surface area contributed by atoms with Crippen LogP contribution in [0, 0.1) is 5.82 Å². The highest BCUT2D eigenvalue weighted by Crippen LogP contribution is 2.17. The van der Waals surface area contributed by atoms with Crippen molar-refractivity contribution in [2.24, 2.45) is 0 Å². The fraction of sp³-hybridized carbons (Fsp3) is 0.188. The Hall–Kier alpha value is -2.56. The molecule has 0 radical (unpaired) electrons. The molecule has 0 atom stereocenters. The molecule has 0 fully saturated rings. The van der Waals surface area contributed by atoms with Crippen LogP contribution in [0.25, 0.3) is 0 Å². The van der Waals surface area contributed by atoms with Crippen molar-refractivity contribution in [3.63, 3.8) is 0 Å². The molecule has 0 aliphatic carbocycles. The second-order valence-electron chi connectivity index (χ2n) is 4.61. The summed E-state index contributed by atoms with van der Waals surface area (Å²) in [5.41, 5.74) is 1.93. The fourth-order valence-corrected chi connectivity index (χ4v) is 1.97. The summed E-state index contributed by atoms with van der Waals surface area (Å²) in [7, 11) is 0. The predicted molar refractivity (Wildman–Crippen MR) is 79.8 cm³/mol. The molecule has 21 heavy (non-hydrogen) atoms. The minimum atomic E-state index is -0.483. The van der Waals surface area contributed by atoms with Gasteiger partial charge in [-0.3, -0.25) is 4.79 Å². The Bertz CT molecular complexity index is 624. The van der Waals surface area contributed by atoms with Gasteiger partial charge in [-0.25, -0.2) is 4.39 Å². The van der Waals surface area contributed by atoms with Gasteiger partial charge in [0, 0.05) is 30.4 Å². The highest BCUT2D eigenvalue weighted by Gasteiger charge is 2.05. The van der Waals surface area contributed by atoms with Crippen molar-refractivity contribution in [2.45, 2.75) is 13.5 Å². The third kappa shape index (κ3) is 4.21. The second kappa shape index (κ2) is 6.74. The van der Waals surface area contributed by atoms with Crippen molar-refractivity contribution >= 4 is 11.6 Å². The number of hydrogen-bond acceptors (Lipinski definition) is 3. The van der Waals surface area contributed by atoms with Crippen molar-refractivity contribution in [1.82, 2.24) is 5.32 Å². The SMILES string of the molecule is CCNC(=O)c1cccc(NCc2cc(O)cc(F)c2)c1. The van der Waals surface area contributed by atoms with Crippen molar-refractivity contribution < 1.29 is 14.3 Å². The standard InChI is InChI=1S/C16H17FN2O2/c1-2-18-16(21)12-4-3-5-14(8-12)19-10-11-6-13(17)9-15(20)7-11/h3-9,19-20H,2,10H2,1H3,(H,18,21). The van der Waals surface area contributed by atoms with Crippen molar-refractivity contribution in [1.29, 1.82) is 0 Å². The Balaban J connectivity index is 2.06. The van der Waals surface area contributed by atoms with Gasteiger partial charge in [-0.2, -0.15) is 0 Å². The van der Waals surface area contributed by atoms with Crippen LogP contribution in [0.2, 0.25) is 0 Å². The van der Waals surface area contributed by atoms with E-state index in [1.807, 2.05) is 13.0 Å². The number of halogens is 1. The molecule has 0 saturated carbocycles. The molecule has 2 rings (SSSR count). The monoisotopic (exact) mass is 288 g/mol. The lowest BCUT2D eigenvalue weighted by molar-refractivity contribution is 0.0956. The number of carbonyl (C=O) groups is 1. The molecule has 0 unspecified atom stereocenters. The van der Waals surface area contributed by atoms with E-state index in [1.54, 1.807) is 18.2 Å². The van der Waals surface area contributed by atoms with Crippen LogP contribution in [0.3, 0.4) is 0 Å². The zero-order chi connectivity index (χ0) is 15.2. The smallest absolute Gasteiger partial charge is 0.251 e. The number of aromatic hydroxyl groups is 1. The van der Waals surface area contributed by atoms with Gasteiger partial charge < -0.3 is 15.7 Å². The van der Waals surface area contributed by atoms with Crippen LogP contribution >= 0.6 is 0 Å². The Morgan fingerprint density at radius 3 is 2.76 bits per heavy atom. The van der Waals surface area contributed by atoms with Crippen LogP contribution in [0.4, 0.5) is 10.1 Å². The number of nitrogens with one attached hydrogen (secondary N) is 2. The second-order valence-corrected chi connectivity index (χ2v) is 4.61. The minimum absolute atomic E-state index is 0.108. The molecule has 2 aromatic carbocycles. The Morgan fingerprint density at radius 2 is 2.05 bits per heavy atom. The Morgan fingerprint density at radius 1 is 1.24 bits per heavy atom. The van der Waals surface area contributed by atoms with E-state index in [4.69, 9.17) is 0 Å². The van der Waals surface area contributed by atoms with Gasteiger partial charge in [0.2, 0.25) is 0 Å². The summed E-state index contributed by atoms with van der Waals surface area (Å²) in [6.07, 6.45) is 0. The normalized spacial score (nSPS) is 10.2. The average molecular weight is 288 g/mol. The molecule has 5 heteroatoms. The van der Waals surface area contributed by atoms with Gasteiger partial charge in [0.15, 0.2) is 0 Å². The van der Waals surface area contributed by atoms with Crippen LogP contribution in [-0.4, -0.2) is 17.6 Å². The van der Waals surface area contributed by atoms with Gasteiger partial charge in [-0.05, 0) is 42.8 Å². The summed E-state index contributed by atoms with van der Waals surface area (Å²) in [5.74, 6) is -0.727. The maximum absolute atomic E-state index is 13.2. The topological polar surface area (TPSA) is 61.4 Å². The number of phenols is 1. The van der Waals surface area contributed by atoms with Crippen molar-refractivity contribution in [3.05, 3.63) is 59.4 Å². The first-order valence-corrected chi connectivity index (χ1v) is 6.69. The molecule has 0 aliphatic heterocycles.